The Balaban J connectivity index is 1.96. The van der Waals surface area contributed by atoms with Gasteiger partial charge in [0.05, 0.1) is 18.7 Å². The molecule has 1 heterocycles. The molecular weight excluding hydrogens is 362 g/mol. The maximum absolute atomic E-state index is 13.0. The largest absolute Gasteiger partial charge is 0.504 e. The second kappa shape index (κ2) is 7.67. The van der Waals surface area contributed by atoms with Crippen LogP contribution in [0.4, 0.5) is 5.69 Å². The fourth-order valence-corrected chi connectivity index (χ4v) is 3.22. The normalized spacial score (nSPS) is 16.4. The quantitative estimate of drug-likeness (QED) is 0.607. The number of phenolic OH excluding ortho intramolecular Hbond substituents is 1. The highest BCUT2D eigenvalue weighted by Crippen LogP contribution is 2.33. The van der Waals surface area contributed by atoms with Crippen LogP contribution in [-0.2, 0) is 4.79 Å². The van der Waals surface area contributed by atoms with E-state index < -0.39 is 6.04 Å². The molecule has 1 atom stereocenters. The summed E-state index contributed by atoms with van der Waals surface area (Å²) in [6.45, 7) is 3.80. The van der Waals surface area contributed by atoms with E-state index in [4.69, 9.17) is 17.0 Å². The Kier molecular flexibility index (Phi) is 5.32. The summed E-state index contributed by atoms with van der Waals surface area (Å²) in [6.07, 6.45) is 0. The van der Waals surface area contributed by atoms with Crippen LogP contribution in [-0.4, -0.2) is 23.2 Å². The number of methoxy groups -OCH3 is 1. The van der Waals surface area contributed by atoms with E-state index in [9.17, 15) is 9.90 Å². The van der Waals surface area contributed by atoms with Crippen LogP contribution in [0.5, 0.6) is 11.5 Å². The molecule has 0 spiro atoms. The Morgan fingerprint density at radius 3 is 2.56 bits per heavy atom. The van der Waals surface area contributed by atoms with Crippen LogP contribution in [0.25, 0.3) is 0 Å². The van der Waals surface area contributed by atoms with Crippen LogP contribution in [0, 0.1) is 6.92 Å². The van der Waals surface area contributed by atoms with Crippen molar-refractivity contribution in [3.05, 3.63) is 64.9 Å². The molecule has 0 fully saturated rings. The fourth-order valence-electron chi connectivity index (χ4n) is 2.95. The molecule has 4 N–H and O–H groups in total. The highest BCUT2D eigenvalue weighted by Gasteiger charge is 2.30. The van der Waals surface area contributed by atoms with Gasteiger partial charge < -0.3 is 25.8 Å². The number of rotatable bonds is 4. The molecule has 1 aliphatic rings. The zero-order valence-corrected chi connectivity index (χ0v) is 16.1. The van der Waals surface area contributed by atoms with Gasteiger partial charge in [0.25, 0.3) is 5.91 Å². The lowest BCUT2D eigenvalue weighted by molar-refractivity contribution is -0.113. The molecule has 0 unspecified atom stereocenters. The summed E-state index contributed by atoms with van der Waals surface area (Å²) in [5.41, 5.74) is 3.75. The Bertz CT molecular complexity index is 923. The molecular formula is C20H21N3O3S. The summed E-state index contributed by atoms with van der Waals surface area (Å²) in [5.74, 6) is 0.120. The van der Waals surface area contributed by atoms with E-state index in [1.807, 2.05) is 38.1 Å². The Labute approximate surface area is 163 Å². The second-order valence-corrected chi connectivity index (χ2v) is 6.73. The fraction of sp³-hybridized carbons (Fsp3) is 0.200. The maximum Gasteiger partial charge on any atom is 0.255 e. The van der Waals surface area contributed by atoms with E-state index in [2.05, 4.69) is 16.0 Å². The summed E-state index contributed by atoms with van der Waals surface area (Å²) >= 11 is 5.26. The summed E-state index contributed by atoms with van der Waals surface area (Å²) in [5, 5.41) is 19.3. The minimum Gasteiger partial charge on any atom is -0.504 e. The van der Waals surface area contributed by atoms with Gasteiger partial charge in [-0.3, -0.25) is 4.79 Å². The third-order valence-corrected chi connectivity index (χ3v) is 4.58. The molecule has 0 saturated heterocycles. The van der Waals surface area contributed by atoms with Gasteiger partial charge in [0.2, 0.25) is 0 Å². The minimum atomic E-state index is -0.473. The SMILES string of the molecule is COc1cc([C@@H]2NC(=S)NC(C)=C2C(=O)Nc2ccc(C)cc2)ccc1O. The number of ether oxygens (including phenoxy) is 1. The lowest BCUT2D eigenvalue weighted by Gasteiger charge is -2.30. The van der Waals surface area contributed by atoms with Gasteiger partial charge in [0.1, 0.15) is 0 Å². The van der Waals surface area contributed by atoms with E-state index in [0.717, 1.165) is 11.1 Å². The average Bonchev–Trinajstić information content (AvgIpc) is 2.63. The first-order chi connectivity index (χ1) is 12.9. The van der Waals surface area contributed by atoms with Crippen molar-refractivity contribution in [3.63, 3.8) is 0 Å². The van der Waals surface area contributed by atoms with Crippen LogP contribution in [0.15, 0.2) is 53.7 Å². The number of allylic oxidation sites excluding steroid dienone is 1. The number of aromatic hydroxyl groups is 1. The van der Waals surface area contributed by atoms with Crippen molar-refractivity contribution < 1.29 is 14.6 Å². The topological polar surface area (TPSA) is 82.6 Å². The van der Waals surface area contributed by atoms with E-state index in [1.54, 1.807) is 12.1 Å². The standard InChI is InChI=1S/C20H21N3O3S/c1-11-4-7-14(8-5-11)22-19(25)17-12(2)21-20(27)23-18(17)13-6-9-15(24)16(10-13)26-3/h4-10,18,24H,1-3H3,(H,22,25)(H2,21,23,27)/t18-/m0/s1. The molecule has 140 valence electrons. The zero-order valence-electron chi connectivity index (χ0n) is 15.3. The monoisotopic (exact) mass is 383 g/mol. The number of phenols is 1. The molecule has 0 bridgehead atoms. The molecule has 0 aromatic heterocycles. The number of hydrogen-bond acceptors (Lipinski definition) is 4. The van der Waals surface area contributed by atoms with Gasteiger partial charge in [-0.25, -0.2) is 0 Å². The summed E-state index contributed by atoms with van der Waals surface area (Å²) in [4.78, 5) is 13.0. The van der Waals surface area contributed by atoms with E-state index in [0.29, 0.717) is 27.8 Å². The molecule has 7 heteroatoms. The second-order valence-electron chi connectivity index (χ2n) is 6.32. The third-order valence-electron chi connectivity index (χ3n) is 4.36. The number of aryl methyl sites for hydroxylation is 1. The van der Waals surface area contributed by atoms with E-state index >= 15 is 0 Å². The van der Waals surface area contributed by atoms with Crippen LogP contribution in [0.2, 0.25) is 0 Å². The van der Waals surface area contributed by atoms with E-state index in [-0.39, 0.29) is 11.7 Å². The van der Waals surface area contributed by atoms with Crippen molar-refractivity contribution in [2.75, 3.05) is 12.4 Å². The van der Waals surface area contributed by atoms with Gasteiger partial charge in [-0.15, -0.1) is 0 Å². The first-order valence-corrected chi connectivity index (χ1v) is 8.83. The summed E-state index contributed by atoms with van der Waals surface area (Å²) in [7, 11) is 1.48. The number of thiocarbonyl (C=S) groups is 1. The molecule has 1 amide bonds. The highest BCUT2D eigenvalue weighted by atomic mass is 32.1. The molecule has 6 nitrogen and oxygen atoms in total. The molecule has 0 aliphatic carbocycles. The number of carbonyl (C=O) groups is 1. The summed E-state index contributed by atoms with van der Waals surface area (Å²) < 4.78 is 5.19. The predicted molar refractivity (Wildman–Crippen MR) is 109 cm³/mol. The Morgan fingerprint density at radius 2 is 1.89 bits per heavy atom. The molecule has 3 rings (SSSR count). The molecule has 1 aliphatic heterocycles. The highest BCUT2D eigenvalue weighted by molar-refractivity contribution is 7.80. The van der Waals surface area contributed by atoms with Crippen molar-refractivity contribution in [1.82, 2.24) is 10.6 Å². The molecule has 2 aromatic carbocycles. The lowest BCUT2D eigenvalue weighted by atomic mass is 9.94. The number of amides is 1. The number of anilines is 1. The average molecular weight is 383 g/mol. The third kappa shape index (κ3) is 4.03. The predicted octanol–water partition coefficient (Wildman–Crippen LogP) is 3.14. The first-order valence-electron chi connectivity index (χ1n) is 8.42. The van der Waals surface area contributed by atoms with Gasteiger partial charge in [-0.1, -0.05) is 23.8 Å². The van der Waals surface area contributed by atoms with Crippen LogP contribution in [0.3, 0.4) is 0 Å². The van der Waals surface area contributed by atoms with Crippen molar-refractivity contribution in [1.29, 1.82) is 0 Å². The molecule has 2 aromatic rings. The smallest absolute Gasteiger partial charge is 0.255 e. The van der Waals surface area contributed by atoms with Gasteiger partial charge in [-0.05, 0) is 55.9 Å². The lowest BCUT2D eigenvalue weighted by Crippen LogP contribution is -2.45. The number of hydrogen-bond donors (Lipinski definition) is 4. The number of benzene rings is 2. The molecule has 0 saturated carbocycles. The van der Waals surface area contributed by atoms with Crippen LogP contribution >= 0.6 is 12.2 Å². The zero-order chi connectivity index (χ0) is 19.6. The number of carbonyl (C=O) groups excluding carboxylic acids is 1. The van der Waals surface area contributed by atoms with E-state index in [1.165, 1.54) is 13.2 Å². The Morgan fingerprint density at radius 1 is 1.19 bits per heavy atom. The number of nitrogens with one attached hydrogen (secondary N) is 3. The van der Waals surface area contributed by atoms with Crippen molar-refractivity contribution in [2.24, 2.45) is 0 Å². The van der Waals surface area contributed by atoms with Crippen molar-refractivity contribution in [3.8, 4) is 11.5 Å². The maximum atomic E-state index is 13.0. The molecule has 27 heavy (non-hydrogen) atoms. The minimum absolute atomic E-state index is 0.0316. The van der Waals surface area contributed by atoms with Gasteiger partial charge >= 0.3 is 0 Å². The van der Waals surface area contributed by atoms with Crippen molar-refractivity contribution >= 4 is 28.9 Å². The molecule has 0 radical (unpaired) electrons. The first kappa shape index (κ1) is 18.7. The van der Waals surface area contributed by atoms with Crippen molar-refractivity contribution in [2.45, 2.75) is 19.9 Å². The van der Waals surface area contributed by atoms with Gasteiger partial charge in [0, 0.05) is 11.4 Å². The van der Waals surface area contributed by atoms with Crippen LogP contribution in [0.1, 0.15) is 24.1 Å². The van der Waals surface area contributed by atoms with Crippen LogP contribution < -0.4 is 20.7 Å². The van der Waals surface area contributed by atoms with Gasteiger partial charge in [0.15, 0.2) is 16.6 Å². The van der Waals surface area contributed by atoms with Gasteiger partial charge in [-0.2, -0.15) is 0 Å². The Hall–Kier alpha value is -3.06. The summed E-state index contributed by atoms with van der Waals surface area (Å²) in [6, 6.07) is 12.1.